The fraction of sp³-hybridized carbons (Fsp3) is 0.200. The van der Waals surface area contributed by atoms with Crippen molar-refractivity contribution in [1.82, 2.24) is 0 Å². The van der Waals surface area contributed by atoms with E-state index in [1.165, 1.54) is 0 Å². The molecule has 0 aliphatic carbocycles. The van der Waals surface area contributed by atoms with Crippen LogP contribution in [-0.2, 0) is 12.8 Å². The van der Waals surface area contributed by atoms with Crippen molar-refractivity contribution < 1.29 is 13.9 Å². The number of halogens is 3. The van der Waals surface area contributed by atoms with Crippen LogP contribution in [0.4, 0.5) is 8.78 Å². The molecule has 0 aliphatic heterocycles. The van der Waals surface area contributed by atoms with Crippen molar-refractivity contribution in [2.75, 3.05) is 0 Å². The molecule has 2 aromatic rings. The van der Waals surface area contributed by atoms with Crippen LogP contribution in [0, 0.1) is 11.6 Å². The van der Waals surface area contributed by atoms with Gasteiger partial charge in [-0.1, -0.05) is 23.7 Å². The van der Waals surface area contributed by atoms with Gasteiger partial charge in [0.1, 0.15) is 11.6 Å². The van der Waals surface area contributed by atoms with Crippen LogP contribution in [0.25, 0.3) is 0 Å². The molecule has 2 rings (SSSR count). The molecule has 100 valence electrons. The molecule has 0 aromatic heterocycles. The zero-order valence-electron chi connectivity index (χ0n) is 10.1. The van der Waals surface area contributed by atoms with E-state index in [0.717, 1.165) is 23.8 Å². The Morgan fingerprint density at radius 2 is 1.68 bits per heavy atom. The summed E-state index contributed by atoms with van der Waals surface area (Å²) < 4.78 is 26.4. The Bertz CT molecular complexity index is 555. The van der Waals surface area contributed by atoms with Gasteiger partial charge in [-0.2, -0.15) is 0 Å². The molecule has 4 heteroatoms. The SMILES string of the molecule is OC(Cc1ccc(Cl)cc1)Cc1cc(F)ccc1F. The van der Waals surface area contributed by atoms with Crippen LogP contribution in [-0.4, -0.2) is 11.2 Å². The van der Waals surface area contributed by atoms with Gasteiger partial charge in [0, 0.05) is 11.4 Å². The van der Waals surface area contributed by atoms with Crippen LogP contribution in [0.2, 0.25) is 5.02 Å². The predicted octanol–water partition coefficient (Wildman–Crippen LogP) is 3.76. The third-order valence-corrected chi connectivity index (χ3v) is 3.10. The first-order valence-corrected chi connectivity index (χ1v) is 6.29. The molecule has 0 heterocycles. The lowest BCUT2D eigenvalue weighted by Gasteiger charge is -2.11. The summed E-state index contributed by atoms with van der Waals surface area (Å²) in [6, 6.07) is 10.3. The summed E-state index contributed by atoms with van der Waals surface area (Å²) in [6.07, 6.45) is -0.322. The van der Waals surface area contributed by atoms with Crippen molar-refractivity contribution in [2.45, 2.75) is 18.9 Å². The minimum absolute atomic E-state index is 0.0756. The minimum atomic E-state index is -0.766. The van der Waals surface area contributed by atoms with Gasteiger partial charge >= 0.3 is 0 Å². The fourth-order valence-electron chi connectivity index (χ4n) is 1.92. The van der Waals surface area contributed by atoms with Crippen molar-refractivity contribution in [3.63, 3.8) is 0 Å². The highest BCUT2D eigenvalue weighted by atomic mass is 35.5. The van der Waals surface area contributed by atoms with E-state index in [-0.39, 0.29) is 12.0 Å². The predicted molar refractivity (Wildman–Crippen MR) is 71.2 cm³/mol. The number of aliphatic hydroxyl groups excluding tert-OH is 1. The van der Waals surface area contributed by atoms with Crippen molar-refractivity contribution >= 4 is 11.6 Å². The second kappa shape index (κ2) is 6.13. The molecule has 1 unspecified atom stereocenters. The molecule has 0 aliphatic rings. The van der Waals surface area contributed by atoms with E-state index in [2.05, 4.69) is 0 Å². The third kappa shape index (κ3) is 4.01. The van der Waals surface area contributed by atoms with E-state index in [1.807, 2.05) is 0 Å². The summed E-state index contributed by atoms with van der Waals surface area (Å²) in [5.41, 5.74) is 1.08. The zero-order chi connectivity index (χ0) is 13.8. The number of hydrogen-bond acceptors (Lipinski definition) is 1. The Balaban J connectivity index is 2.02. The van der Waals surface area contributed by atoms with Crippen molar-refractivity contribution in [2.24, 2.45) is 0 Å². The Hall–Kier alpha value is -1.45. The van der Waals surface area contributed by atoms with Gasteiger partial charge in [0.25, 0.3) is 0 Å². The molecular formula is C15H13ClF2O. The van der Waals surface area contributed by atoms with E-state index in [0.29, 0.717) is 11.4 Å². The molecular weight excluding hydrogens is 270 g/mol. The number of aliphatic hydroxyl groups is 1. The van der Waals surface area contributed by atoms with Crippen LogP contribution in [0.5, 0.6) is 0 Å². The van der Waals surface area contributed by atoms with Crippen molar-refractivity contribution in [3.05, 3.63) is 70.2 Å². The summed E-state index contributed by atoms with van der Waals surface area (Å²) in [7, 11) is 0. The zero-order valence-corrected chi connectivity index (χ0v) is 10.9. The van der Waals surface area contributed by atoms with E-state index in [1.54, 1.807) is 24.3 Å². The Labute approximate surface area is 115 Å². The first-order valence-electron chi connectivity index (χ1n) is 5.91. The smallest absolute Gasteiger partial charge is 0.126 e. The quantitative estimate of drug-likeness (QED) is 0.905. The van der Waals surface area contributed by atoms with Crippen LogP contribution in [0.3, 0.4) is 0 Å². The standard InChI is InChI=1S/C15H13ClF2O/c16-12-3-1-10(2-4-12)7-14(19)9-11-8-13(17)5-6-15(11)18/h1-6,8,14,19H,7,9H2. The van der Waals surface area contributed by atoms with Crippen LogP contribution >= 0.6 is 11.6 Å². The number of hydrogen-bond donors (Lipinski definition) is 1. The lowest BCUT2D eigenvalue weighted by molar-refractivity contribution is 0.174. The average molecular weight is 283 g/mol. The molecule has 2 aromatic carbocycles. The van der Waals surface area contributed by atoms with Gasteiger partial charge in [-0.15, -0.1) is 0 Å². The van der Waals surface area contributed by atoms with Gasteiger partial charge in [0.15, 0.2) is 0 Å². The molecule has 0 saturated carbocycles. The molecule has 19 heavy (non-hydrogen) atoms. The molecule has 1 nitrogen and oxygen atoms in total. The second-order valence-electron chi connectivity index (χ2n) is 4.42. The second-order valence-corrected chi connectivity index (χ2v) is 4.86. The van der Waals surface area contributed by atoms with E-state index >= 15 is 0 Å². The average Bonchev–Trinajstić information content (AvgIpc) is 2.37. The molecule has 0 fully saturated rings. The maximum Gasteiger partial charge on any atom is 0.126 e. The van der Waals surface area contributed by atoms with Crippen LogP contribution in [0.1, 0.15) is 11.1 Å². The van der Waals surface area contributed by atoms with Gasteiger partial charge in [0.05, 0.1) is 6.10 Å². The van der Waals surface area contributed by atoms with Gasteiger partial charge in [-0.3, -0.25) is 0 Å². The van der Waals surface area contributed by atoms with Gasteiger partial charge in [-0.25, -0.2) is 8.78 Å². The minimum Gasteiger partial charge on any atom is -0.392 e. The summed E-state index contributed by atoms with van der Waals surface area (Å²) in [4.78, 5) is 0. The monoisotopic (exact) mass is 282 g/mol. The lowest BCUT2D eigenvalue weighted by Crippen LogP contribution is -2.15. The van der Waals surface area contributed by atoms with Crippen LogP contribution in [0.15, 0.2) is 42.5 Å². The van der Waals surface area contributed by atoms with Crippen molar-refractivity contribution in [1.29, 1.82) is 0 Å². The highest BCUT2D eigenvalue weighted by Crippen LogP contribution is 2.15. The normalized spacial score (nSPS) is 12.4. The first kappa shape index (κ1) is 14.0. The van der Waals surface area contributed by atoms with E-state index in [4.69, 9.17) is 11.6 Å². The maximum absolute atomic E-state index is 13.4. The van der Waals surface area contributed by atoms with E-state index < -0.39 is 17.7 Å². The number of rotatable bonds is 4. The summed E-state index contributed by atoms with van der Waals surface area (Å²) in [5, 5.41) is 10.5. The largest absolute Gasteiger partial charge is 0.392 e. The highest BCUT2D eigenvalue weighted by molar-refractivity contribution is 6.30. The highest BCUT2D eigenvalue weighted by Gasteiger charge is 2.11. The Morgan fingerprint density at radius 1 is 1.00 bits per heavy atom. The first-order chi connectivity index (χ1) is 9.04. The molecule has 1 atom stereocenters. The van der Waals surface area contributed by atoms with Crippen molar-refractivity contribution in [3.8, 4) is 0 Å². The fourth-order valence-corrected chi connectivity index (χ4v) is 2.04. The van der Waals surface area contributed by atoms with Gasteiger partial charge in [0.2, 0.25) is 0 Å². The molecule has 0 saturated heterocycles. The molecule has 0 spiro atoms. The summed E-state index contributed by atoms with van der Waals surface area (Å²) >= 11 is 5.76. The molecule has 1 N–H and O–H groups in total. The summed E-state index contributed by atoms with van der Waals surface area (Å²) in [5.74, 6) is -1.01. The maximum atomic E-state index is 13.4. The lowest BCUT2D eigenvalue weighted by atomic mass is 10.0. The molecule has 0 radical (unpaired) electrons. The Morgan fingerprint density at radius 3 is 2.37 bits per heavy atom. The summed E-state index contributed by atoms with van der Waals surface area (Å²) in [6.45, 7) is 0. The van der Waals surface area contributed by atoms with Gasteiger partial charge in [-0.05, 0) is 47.9 Å². The topological polar surface area (TPSA) is 20.2 Å². The third-order valence-electron chi connectivity index (χ3n) is 2.85. The van der Waals surface area contributed by atoms with E-state index in [9.17, 15) is 13.9 Å². The molecule has 0 amide bonds. The van der Waals surface area contributed by atoms with Crippen LogP contribution < -0.4 is 0 Å². The number of benzene rings is 2. The molecule has 0 bridgehead atoms. The van der Waals surface area contributed by atoms with Gasteiger partial charge < -0.3 is 5.11 Å². The Kier molecular flexibility index (Phi) is 4.51.